The minimum atomic E-state index is -2.85. The Hall–Kier alpha value is -0.880. The summed E-state index contributed by atoms with van der Waals surface area (Å²) < 4.78 is 28.8. The van der Waals surface area contributed by atoms with Gasteiger partial charge in [0.25, 0.3) is 0 Å². The quantitative estimate of drug-likeness (QED) is 0.880. The van der Waals surface area contributed by atoms with E-state index in [1.165, 1.54) is 0 Å². The van der Waals surface area contributed by atoms with Crippen molar-refractivity contribution in [1.29, 1.82) is 0 Å². The van der Waals surface area contributed by atoms with E-state index in [2.05, 4.69) is 17.2 Å². The predicted molar refractivity (Wildman–Crippen MR) is 73.8 cm³/mol. The molecule has 2 rings (SSSR count). The minimum absolute atomic E-state index is 0.159. The van der Waals surface area contributed by atoms with Gasteiger partial charge in [-0.15, -0.1) is 0 Å². The number of hydrogen-bond acceptors (Lipinski definition) is 5. The van der Waals surface area contributed by atoms with Crippen LogP contribution in [0.2, 0.25) is 0 Å². The molecule has 5 nitrogen and oxygen atoms in total. The molecular formula is C13H22N2O3S. The summed E-state index contributed by atoms with van der Waals surface area (Å²) in [7, 11) is -0.936. The molecule has 0 bridgehead atoms. The third-order valence-electron chi connectivity index (χ3n) is 3.62. The number of aromatic nitrogens is 1. The van der Waals surface area contributed by atoms with Gasteiger partial charge in [0, 0.05) is 18.9 Å². The maximum atomic E-state index is 11.6. The highest BCUT2D eigenvalue weighted by Crippen LogP contribution is 2.22. The van der Waals surface area contributed by atoms with Crippen LogP contribution in [-0.2, 0) is 22.7 Å². The summed E-state index contributed by atoms with van der Waals surface area (Å²) in [6.45, 7) is 2.08. The van der Waals surface area contributed by atoms with E-state index in [-0.39, 0.29) is 11.7 Å². The topological polar surface area (TPSA) is 72.2 Å². The van der Waals surface area contributed by atoms with E-state index >= 15 is 0 Å². The van der Waals surface area contributed by atoms with Gasteiger partial charge in [-0.25, -0.2) is 13.4 Å². The average Bonchev–Trinajstić information content (AvgIpc) is 2.75. The smallest absolute Gasteiger partial charge is 0.194 e. The molecule has 19 heavy (non-hydrogen) atoms. The molecular weight excluding hydrogens is 264 g/mol. The van der Waals surface area contributed by atoms with Gasteiger partial charge in [-0.3, -0.25) is 0 Å². The number of hydrogen-bond donors (Lipinski definition) is 1. The Labute approximate surface area is 114 Å². The van der Waals surface area contributed by atoms with Gasteiger partial charge < -0.3 is 9.73 Å². The lowest BCUT2D eigenvalue weighted by molar-refractivity contribution is 0.391. The highest BCUT2D eigenvalue weighted by atomic mass is 32.2. The maximum absolute atomic E-state index is 11.6. The second kappa shape index (κ2) is 6.05. The molecule has 0 amide bonds. The normalized spacial score (nSPS) is 24.2. The highest BCUT2D eigenvalue weighted by Gasteiger charge is 2.26. The number of likely N-dealkylation sites (N-methyl/N-ethyl adjacent to an activating group) is 1. The first kappa shape index (κ1) is 14.5. The number of sulfone groups is 1. The molecule has 2 heterocycles. The van der Waals surface area contributed by atoms with E-state index in [9.17, 15) is 8.42 Å². The number of nitrogens with one attached hydrogen (secondary N) is 1. The SMILES string of the molecule is CNC(C)Cc1cnc(CC2CCCS(=O)(=O)C2)o1. The molecule has 2 atom stereocenters. The van der Waals surface area contributed by atoms with E-state index in [1.807, 2.05) is 7.05 Å². The standard InChI is InChI=1S/C13H22N2O3S/c1-10(14-2)6-12-8-15-13(18-12)7-11-4-3-5-19(16,17)9-11/h8,10-11,14H,3-7,9H2,1-2H3. The monoisotopic (exact) mass is 286 g/mol. The van der Waals surface area contributed by atoms with Gasteiger partial charge in [-0.2, -0.15) is 0 Å². The molecule has 1 fully saturated rings. The van der Waals surface area contributed by atoms with Crippen LogP contribution in [0.4, 0.5) is 0 Å². The van der Waals surface area contributed by atoms with Gasteiger partial charge in [-0.1, -0.05) is 0 Å². The van der Waals surface area contributed by atoms with Gasteiger partial charge in [0.1, 0.15) is 5.76 Å². The van der Waals surface area contributed by atoms with E-state index in [1.54, 1.807) is 6.20 Å². The van der Waals surface area contributed by atoms with Crippen LogP contribution >= 0.6 is 0 Å². The Kier molecular flexibility index (Phi) is 4.62. The third-order valence-corrected chi connectivity index (χ3v) is 5.51. The van der Waals surface area contributed by atoms with Crippen molar-refractivity contribution >= 4 is 9.84 Å². The van der Waals surface area contributed by atoms with Crippen molar-refractivity contribution in [3.63, 3.8) is 0 Å². The molecule has 0 aromatic carbocycles. The largest absolute Gasteiger partial charge is 0.446 e. The van der Waals surface area contributed by atoms with E-state index < -0.39 is 9.84 Å². The van der Waals surface area contributed by atoms with E-state index in [0.717, 1.165) is 25.0 Å². The highest BCUT2D eigenvalue weighted by molar-refractivity contribution is 7.91. The van der Waals surface area contributed by atoms with Crippen LogP contribution in [0.5, 0.6) is 0 Å². The summed E-state index contributed by atoms with van der Waals surface area (Å²) in [6, 6.07) is 0.343. The lowest BCUT2D eigenvalue weighted by atomic mass is 10.0. The molecule has 0 aliphatic carbocycles. The van der Waals surface area contributed by atoms with Crippen LogP contribution in [0.25, 0.3) is 0 Å². The summed E-state index contributed by atoms with van der Waals surface area (Å²) in [4.78, 5) is 4.26. The summed E-state index contributed by atoms with van der Waals surface area (Å²) in [6.07, 6.45) is 4.89. The number of nitrogens with zero attached hydrogens (tertiary/aromatic N) is 1. The fourth-order valence-corrected chi connectivity index (χ4v) is 4.24. The van der Waals surface area contributed by atoms with Gasteiger partial charge in [0.05, 0.1) is 17.7 Å². The molecule has 1 N–H and O–H groups in total. The Balaban J connectivity index is 1.92. The lowest BCUT2D eigenvalue weighted by Gasteiger charge is -2.20. The zero-order valence-electron chi connectivity index (χ0n) is 11.6. The van der Waals surface area contributed by atoms with Crippen molar-refractivity contribution in [3.8, 4) is 0 Å². The van der Waals surface area contributed by atoms with Crippen molar-refractivity contribution in [1.82, 2.24) is 10.3 Å². The Bertz CT molecular complexity index is 510. The molecule has 1 aliphatic heterocycles. The van der Waals surface area contributed by atoms with E-state index in [4.69, 9.17) is 4.42 Å². The summed E-state index contributed by atoms with van der Waals surface area (Å²) in [5.41, 5.74) is 0. The van der Waals surface area contributed by atoms with Crippen molar-refractivity contribution < 1.29 is 12.8 Å². The van der Waals surface area contributed by atoms with Gasteiger partial charge >= 0.3 is 0 Å². The van der Waals surface area contributed by atoms with Crippen molar-refractivity contribution in [2.24, 2.45) is 5.92 Å². The Morgan fingerprint density at radius 2 is 2.37 bits per heavy atom. The zero-order chi connectivity index (χ0) is 13.9. The molecule has 1 aromatic heterocycles. The van der Waals surface area contributed by atoms with Crippen LogP contribution in [0, 0.1) is 5.92 Å². The molecule has 0 saturated carbocycles. The molecule has 6 heteroatoms. The lowest BCUT2D eigenvalue weighted by Crippen LogP contribution is -2.26. The molecule has 108 valence electrons. The maximum Gasteiger partial charge on any atom is 0.194 e. The molecule has 1 aliphatic rings. The van der Waals surface area contributed by atoms with Crippen molar-refractivity contribution in [2.75, 3.05) is 18.6 Å². The second-order valence-electron chi connectivity index (χ2n) is 5.44. The first-order chi connectivity index (χ1) is 8.98. The first-order valence-corrected chi connectivity index (χ1v) is 8.62. The van der Waals surface area contributed by atoms with Crippen LogP contribution in [0.1, 0.15) is 31.4 Å². The second-order valence-corrected chi connectivity index (χ2v) is 7.67. The predicted octanol–water partition coefficient (Wildman–Crippen LogP) is 1.19. The molecule has 1 saturated heterocycles. The summed E-state index contributed by atoms with van der Waals surface area (Å²) in [5.74, 6) is 2.29. The zero-order valence-corrected chi connectivity index (χ0v) is 12.4. The van der Waals surface area contributed by atoms with E-state index in [0.29, 0.717) is 24.1 Å². The fraction of sp³-hybridized carbons (Fsp3) is 0.769. The van der Waals surface area contributed by atoms with Gasteiger partial charge in [0.2, 0.25) is 0 Å². The summed E-state index contributed by atoms with van der Waals surface area (Å²) >= 11 is 0. The van der Waals surface area contributed by atoms with Crippen LogP contribution in [0.3, 0.4) is 0 Å². The van der Waals surface area contributed by atoms with Crippen LogP contribution in [0.15, 0.2) is 10.6 Å². The third kappa shape index (κ3) is 4.31. The fourth-order valence-electron chi connectivity index (χ4n) is 2.47. The molecule has 0 spiro atoms. The Morgan fingerprint density at radius 1 is 1.58 bits per heavy atom. The van der Waals surface area contributed by atoms with Gasteiger partial charge in [-0.05, 0) is 32.7 Å². The van der Waals surface area contributed by atoms with Gasteiger partial charge in [0.15, 0.2) is 15.7 Å². The first-order valence-electron chi connectivity index (χ1n) is 6.80. The molecule has 0 radical (unpaired) electrons. The van der Waals surface area contributed by atoms with Crippen molar-refractivity contribution in [2.45, 2.75) is 38.6 Å². The molecule has 1 aromatic rings. The summed E-state index contributed by atoms with van der Waals surface area (Å²) in [5, 5.41) is 3.15. The number of oxazole rings is 1. The van der Waals surface area contributed by atoms with Crippen LogP contribution < -0.4 is 5.32 Å². The minimum Gasteiger partial charge on any atom is -0.446 e. The Morgan fingerprint density at radius 3 is 3.05 bits per heavy atom. The number of rotatable bonds is 5. The molecule has 2 unspecified atom stereocenters. The average molecular weight is 286 g/mol. The van der Waals surface area contributed by atoms with Crippen LogP contribution in [-0.4, -0.2) is 38.0 Å². The van der Waals surface area contributed by atoms with Crippen molar-refractivity contribution in [3.05, 3.63) is 17.8 Å².